The van der Waals surface area contributed by atoms with Gasteiger partial charge in [0.2, 0.25) is 0 Å². The highest BCUT2D eigenvalue weighted by molar-refractivity contribution is 5.86. The van der Waals surface area contributed by atoms with Crippen LogP contribution in [0.5, 0.6) is 11.5 Å². The lowest BCUT2D eigenvalue weighted by atomic mass is 9.86. The highest BCUT2D eigenvalue weighted by atomic mass is 16.5. The average molecular weight is 424 g/mol. The van der Waals surface area contributed by atoms with Crippen LogP contribution in [0.15, 0.2) is 24.3 Å². The Labute approximate surface area is 184 Å². The van der Waals surface area contributed by atoms with Gasteiger partial charge in [0.25, 0.3) is 5.91 Å². The number of benzene rings is 2. The summed E-state index contributed by atoms with van der Waals surface area (Å²) in [6, 6.07) is 8.39. The van der Waals surface area contributed by atoms with E-state index in [1.165, 1.54) is 5.69 Å². The number of ether oxygens (including phenoxy) is 1. The third kappa shape index (κ3) is 3.68. The van der Waals surface area contributed by atoms with Crippen molar-refractivity contribution >= 4 is 17.3 Å². The highest BCUT2D eigenvalue weighted by Crippen LogP contribution is 2.43. The summed E-state index contributed by atoms with van der Waals surface area (Å²) < 4.78 is 6.40. The van der Waals surface area contributed by atoms with Gasteiger partial charge in [-0.25, -0.2) is 0 Å². The number of aromatic hydroxyl groups is 1. The SMILES string of the molecule is CNc1ccc(N2CCN(C(=O)C3(C)CCc4c(C)c(O)c(C)c(C)c4O3)CC2)cc1. The summed E-state index contributed by atoms with van der Waals surface area (Å²) in [6.45, 7) is 10.7. The second-order valence-corrected chi connectivity index (χ2v) is 8.94. The van der Waals surface area contributed by atoms with Crippen LogP contribution in [0.2, 0.25) is 0 Å². The molecule has 166 valence electrons. The lowest BCUT2D eigenvalue weighted by Crippen LogP contribution is -2.57. The number of hydrogen-bond donors (Lipinski definition) is 2. The lowest BCUT2D eigenvalue weighted by Gasteiger charge is -2.42. The van der Waals surface area contributed by atoms with Crippen LogP contribution in [0.25, 0.3) is 0 Å². The van der Waals surface area contributed by atoms with Crippen LogP contribution in [-0.2, 0) is 11.2 Å². The van der Waals surface area contributed by atoms with Gasteiger partial charge in [-0.05, 0) is 75.1 Å². The summed E-state index contributed by atoms with van der Waals surface area (Å²) in [5.41, 5.74) is 5.05. The molecule has 2 aromatic carbocycles. The smallest absolute Gasteiger partial charge is 0.266 e. The maximum absolute atomic E-state index is 13.5. The maximum atomic E-state index is 13.5. The van der Waals surface area contributed by atoms with Crippen molar-refractivity contribution in [2.24, 2.45) is 0 Å². The van der Waals surface area contributed by atoms with Crippen molar-refractivity contribution in [2.75, 3.05) is 43.4 Å². The van der Waals surface area contributed by atoms with Crippen molar-refractivity contribution in [3.8, 4) is 11.5 Å². The number of rotatable bonds is 3. The van der Waals surface area contributed by atoms with Gasteiger partial charge < -0.3 is 25.0 Å². The Morgan fingerprint density at radius 2 is 1.68 bits per heavy atom. The van der Waals surface area contributed by atoms with E-state index in [1.807, 2.05) is 39.6 Å². The Hall–Kier alpha value is -2.89. The number of hydrogen-bond acceptors (Lipinski definition) is 5. The van der Waals surface area contributed by atoms with Crippen molar-refractivity contribution in [1.82, 2.24) is 4.90 Å². The van der Waals surface area contributed by atoms with E-state index in [0.29, 0.717) is 25.3 Å². The summed E-state index contributed by atoms with van der Waals surface area (Å²) in [5.74, 6) is 1.18. The van der Waals surface area contributed by atoms with Crippen LogP contribution < -0.4 is 15.0 Å². The molecule has 0 radical (unpaired) electrons. The molecule has 2 N–H and O–H groups in total. The van der Waals surface area contributed by atoms with Crippen molar-refractivity contribution in [1.29, 1.82) is 0 Å². The van der Waals surface area contributed by atoms with Crippen molar-refractivity contribution in [3.63, 3.8) is 0 Å². The maximum Gasteiger partial charge on any atom is 0.266 e. The number of carbonyl (C=O) groups is 1. The number of carbonyl (C=O) groups excluding carboxylic acids is 1. The number of nitrogens with one attached hydrogen (secondary N) is 1. The fourth-order valence-electron chi connectivity index (χ4n) is 4.74. The van der Waals surface area contributed by atoms with Crippen LogP contribution in [0.4, 0.5) is 11.4 Å². The second kappa shape index (κ2) is 7.98. The van der Waals surface area contributed by atoms with Crippen molar-refractivity contribution in [2.45, 2.75) is 46.1 Å². The highest BCUT2D eigenvalue weighted by Gasteiger charge is 2.43. The number of piperazine rings is 1. The number of amides is 1. The molecule has 1 atom stereocenters. The number of phenolic OH excluding ortho intramolecular Hbond substituents is 1. The third-order valence-corrected chi connectivity index (χ3v) is 7.06. The van der Waals surface area contributed by atoms with Crippen LogP contribution in [0.3, 0.4) is 0 Å². The molecule has 0 aliphatic carbocycles. The zero-order valence-corrected chi connectivity index (χ0v) is 19.2. The molecule has 1 saturated heterocycles. The van der Waals surface area contributed by atoms with Gasteiger partial charge in [-0.3, -0.25) is 4.79 Å². The first-order valence-corrected chi connectivity index (χ1v) is 11.1. The second-order valence-electron chi connectivity index (χ2n) is 8.94. The van der Waals surface area contributed by atoms with E-state index in [1.54, 1.807) is 0 Å². The molecule has 0 spiro atoms. The molecular formula is C25H33N3O3. The van der Waals surface area contributed by atoms with E-state index in [9.17, 15) is 9.90 Å². The van der Waals surface area contributed by atoms with Crippen molar-refractivity contribution < 1.29 is 14.6 Å². The molecule has 1 unspecified atom stereocenters. The first kappa shape index (κ1) is 21.3. The summed E-state index contributed by atoms with van der Waals surface area (Å²) in [6.07, 6.45) is 1.35. The summed E-state index contributed by atoms with van der Waals surface area (Å²) >= 11 is 0. The molecule has 2 aromatic rings. The Morgan fingerprint density at radius 1 is 1.03 bits per heavy atom. The zero-order valence-electron chi connectivity index (χ0n) is 19.2. The van der Waals surface area contributed by atoms with Crippen LogP contribution in [0.1, 0.15) is 35.6 Å². The molecule has 31 heavy (non-hydrogen) atoms. The van der Waals surface area contributed by atoms with Gasteiger partial charge in [-0.2, -0.15) is 0 Å². The Balaban J connectivity index is 1.47. The largest absolute Gasteiger partial charge is 0.507 e. The Morgan fingerprint density at radius 3 is 2.29 bits per heavy atom. The van der Waals surface area contributed by atoms with Crippen molar-refractivity contribution in [3.05, 3.63) is 46.5 Å². The number of phenols is 1. The monoisotopic (exact) mass is 423 g/mol. The summed E-state index contributed by atoms with van der Waals surface area (Å²) in [7, 11) is 1.92. The molecule has 6 heteroatoms. The first-order chi connectivity index (χ1) is 14.7. The van der Waals surface area contributed by atoms with E-state index in [4.69, 9.17) is 4.74 Å². The average Bonchev–Trinajstić information content (AvgIpc) is 2.81. The molecular weight excluding hydrogens is 390 g/mol. The fourth-order valence-corrected chi connectivity index (χ4v) is 4.74. The zero-order chi connectivity index (χ0) is 22.3. The van der Waals surface area contributed by atoms with Gasteiger partial charge in [0.1, 0.15) is 11.5 Å². The van der Waals surface area contributed by atoms with Gasteiger partial charge in [0, 0.05) is 56.6 Å². The predicted molar refractivity (Wildman–Crippen MR) is 124 cm³/mol. The molecule has 6 nitrogen and oxygen atoms in total. The molecule has 2 aliphatic rings. The Bertz CT molecular complexity index is 994. The fraction of sp³-hybridized carbons (Fsp3) is 0.480. The van der Waals surface area contributed by atoms with Gasteiger partial charge >= 0.3 is 0 Å². The molecule has 2 heterocycles. The van der Waals surface area contributed by atoms with E-state index in [0.717, 1.165) is 53.2 Å². The summed E-state index contributed by atoms with van der Waals surface area (Å²) in [5, 5.41) is 13.5. The van der Waals surface area contributed by atoms with E-state index in [2.05, 4.69) is 34.5 Å². The minimum Gasteiger partial charge on any atom is -0.507 e. The minimum absolute atomic E-state index is 0.0612. The molecule has 1 amide bonds. The molecule has 0 aromatic heterocycles. The molecule has 0 saturated carbocycles. The van der Waals surface area contributed by atoms with E-state index >= 15 is 0 Å². The van der Waals surface area contributed by atoms with E-state index in [-0.39, 0.29) is 5.91 Å². The first-order valence-electron chi connectivity index (χ1n) is 11.1. The lowest BCUT2D eigenvalue weighted by molar-refractivity contribution is -0.148. The third-order valence-electron chi connectivity index (χ3n) is 7.06. The summed E-state index contributed by atoms with van der Waals surface area (Å²) in [4.78, 5) is 17.7. The molecule has 2 aliphatic heterocycles. The Kier molecular flexibility index (Phi) is 5.50. The molecule has 4 rings (SSSR count). The van der Waals surface area contributed by atoms with Gasteiger partial charge in [-0.15, -0.1) is 0 Å². The van der Waals surface area contributed by atoms with Crippen LogP contribution in [-0.4, -0.2) is 54.7 Å². The molecule has 1 fully saturated rings. The standard InChI is InChI=1S/C25H33N3O3/c1-16-17(2)23-21(18(3)22(16)29)10-11-25(4,31-23)24(30)28-14-12-27(13-15-28)20-8-6-19(26-5)7-9-20/h6-9,26,29H,10-15H2,1-5H3. The topological polar surface area (TPSA) is 65.0 Å². The van der Waals surface area contributed by atoms with Gasteiger partial charge in [-0.1, -0.05) is 0 Å². The molecule has 0 bridgehead atoms. The van der Waals surface area contributed by atoms with Crippen LogP contribution >= 0.6 is 0 Å². The quantitative estimate of drug-likeness (QED) is 0.786. The normalized spacial score (nSPS) is 20.8. The number of fused-ring (bicyclic) bond motifs is 1. The van der Waals surface area contributed by atoms with E-state index < -0.39 is 5.60 Å². The number of anilines is 2. The van der Waals surface area contributed by atoms with Gasteiger partial charge in [0.15, 0.2) is 5.60 Å². The predicted octanol–water partition coefficient (Wildman–Crippen LogP) is 3.79. The van der Waals surface area contributed by atoms with Crippen LogP contribution in [0, 0.1) is 20.8 Å². The minimum atomic E-state index is -0.871. The van der Waals surface area contributed by atoms with Gasteiger partial charge in [0.05, 0.1) is 0 Å². The number of nitrogens with zero attached hydrogens (tertiary/aromatic N) is 2.